The molecule has 0 spiro atoms. The Bertz CT molecular complexity index is 580. The average Bonchev–Trinajstić information content (AvgIpc) is 3.15. The fourth-order valence-electron chi connectivity index (χ4n) is 2.22. The number of nitrogens with one attached hydrogen (secondary N) is 1. The Morgan fingerprint density at radius 2 is 2.21 bits per heavy atom. The van der Waals surface area contributed by atoms with Crippen molar-refractivity contribution < 1.29 is 18.3 Å². The zero-order valence-corrected chi connectivity index (χ0v) is 11.3. The van der Waals surface area contributed by atoms with Crippen LogP contribution in [0.5, 0.6) is 5.75 Å². The molecule has 1 saturated carbocycles. The third kappa shape index (κ3) is 2.75. The number of aliphatic hydroxyl groups is 1. The molecule has 104 valence electrons. The van der Waals surface area contributed by atoms with Crippen LogP contribution in [0.3, 0.4) is 0 Å². The molecule has 0 amide bonds. The van der Waals surface area contributed by atoms with E-state index in [1.807, 2.05) is 12.1 Å². The van der Waals surface area contributed by atoms with Crippen LogP contribution >= 0.6 is 0 Å². The normalized spacial score (nSPS) is 19.8. The van der Waals surface area contributed by atoms with Gasteiger partial charge in [0.25, 0.3) is 0 Å². The molecule has 0 bridgehead atoms. The second-order valence-corrected chi connectivity index (χ2v) is 7.12. The molecule has 0 unspecified atom stereocenters. The number of rotatable bonds is 5. The first-order valence-corrected chi connectivity index (χ1v) is 8.03. The highest BCUT2D eigenvalue weighted by molar-refractivity contribution is 7.90. The monoisotopic (exact) mass is 283 g/mol. The number of benzene rings is 1. The number of ether oxygens (including phenoxy) is 1. The van der Waals surface area contributed by atoms with E-state index in [9.17, 15) is 13.5 Å². The first-order chi connectivity index (χ1) is 9.06. The summed E-state index contributed by atoms with van der Waals surface area (Å²) in [6.45, 7) is 0.696. The van der Waals surface area contributed by atoms with Gasteiger partial charge in [0, 0.05) is 13.0 Å². The summed E-state index contributed by atoms with van der Waals surface area (Å²) in [5.74, 6) is 0.856. The zero-order valence-electron chi connectivity index (χ0n) is 10.5. The second-order valence-electron chi connectivity index (χ2n) is 5.07. The molecule has 1 aromatic rings. The Labute approximate surface area is 112 Å². The first-order valence-electron chi connectivity index (χ1n) is 6.48. The minimum Gasteiger partial charge on any atom is -0.493 e. The molecule has 1 atom stereocenters. The Morgan fingerprint density at radius 1 is 1.42 bits per heavy atom. The van der Waals surface area contributed by atoms with Crippen molar-refractivity contribution >= 4 is 10.0 Å². The van der Waals surface area contributed by atoms with Gasteiger partial charge in [0.05, 0.1) is 18.0 Å². The summed E-state index contributed by atoms with van der Waals surface area (Å²) in [7, 11) is -3.24. The van der Waals surface area contributed by atoms with Gasteiger partial charge in [-0.25, -0.2) is 13.1 Å². The maximum Gasteiger partial charge on any atom is 0.214 e. The van der Waals surface area contributed by atoms with Gasteiger partial charge in [-0.15, -0.1) is 0 Å². The third-order valence-electron chi connectivity index (χ3n) is 3.54. The van der Waals surface area contributed by atoms with Gasteiger partial charge in [-0.05, 0) is 36.1 Å². The fourth-order valence-corrected chi connectivity index (χ4v) is 3.61. The van der Waals surface area contributed by atoms with Gasteiger partial charge in [-0.1, -0.05) is 6.07 Å². The number of fused-ring (bicyclic) bond motifs is 1. The highest BCUT2D eigenvalue weighted by Gasteiger charge is 2.35. The van der Waals surface area contributed by atoms with Crippen LogP contribution in [0.1, 0.15) is 30.1 Å². The van der Waals surface area contributed by atoms with Crippen molar-refractivity contribution in [3.05, 3.63) is 29.3 Å². The van der Waals surface area contributed by atoms with E-state index in [0.717, 1.165) is 36.1 Å². The highest BCUT2D eigenvalue weighted by Crippen LogP contribution is 2.29. The van der Waals surface area contributed by atoms with Crippen LogP contribution in [-0.2, 0) is 16.4 Å². The summed E-state index contributed by atoms with van der Waals surface area (Å²) in [5.41, 5.74) is 1.80. The lowest BCUT2D eigenvalue weighted by molar-refractivity contribution is 0.182. The predicted molar refractivity (Wildman–Crippen MR) is 70.5 cm³/mol. The first kappa shape index (κ1) is 12.9. The van der Waals surface area contributed by atoms with E-state index in [4.69, 9.17) is 4.74 Å². The quantitative estimate of drug-likeness (QED) is 0.835. The molecule has 5 nitrogen and oxygen atoms in total. The number of hydrogen-bond acceptors (Lipinski definition) is 4. The maximum atomic E-state index is 11.7. The van der Waals surface area contributed by atoms with Crippen molar-refractivity contribution in [2.24, 2.45) is 0 Å². The van der Waals surface area contributed by atoms with Crippen molar-refractivity contribution in [2.75, 3.05) is 13.2 Å². The van der Waals surface area contributed by atoms with E-state index in [0.29, 0.717) is 6.61 Å². The SMILES string of the molecule is O=S(=O)(NC[C@H](O)c1ccc2c(c1)CCO2)C1CC1. The molecular weight excluding hydrogens is 266 g/mol. The number of aliphatic hydroxyl groups excluding tert-OH is 1. The summed E-state index contributed by atoms with van der Waals surface area (Å²) in [6, 6.07) is 5.49. The lowest BCUT2D eigenvalue weighted by atomic mass is 10.0. The fraction of sp³-hybridized carbons (Fsp3) is 0.538. The molecule has 2 N–H and O–H groups in total. The van der Waals surface area contributed by atoms with Crippen molar-refractivity contribution in [1.29, 1.82) is 0 Å². The maximum absolute atomic E-state index is 11.7. The molecule has 1 heterocycles. The number of hydrogen-bond donors (Lipinski definition) is 2. The van der Waals surface area contributed by atoms with Crippen LogP contribution in [0, 0.1) is 0 Å². The Morgan fingerprint density at radius 3 is 2.95 bits per heavy atom. The lowest BCUT2D eigenvalue weighted by Gasteiger charge is -2.13. The smallest absolute Gasteiger partial charge is 0.214 e. The summed E-state index contributed by atoms with van der Waals surface area (Å²) >= 11 is 0. The Balaban J connectivity index is 1.65. The molecule has 2 aliphatic rings. The summed E-state index contributed by atoms with van der Waals surface area (Å²) < 4.78 is 31.2. The van der Waals surface area contributed by atoms with Crippen molar-refractivity contribution in [2.45, 2.75) is 30.6 Å². The zero-order chi connectivity index (χ0) is 13.5. The average molecular weight is 283 g/mol. The third-order valence-corrected chi connectivity index (χ3v) is 5.46. The van der Waals surface area contributed by atoms with E-state index in [1.165, 1.54) is 0 Å². The molecular formula is C13H17NO4S. The van der Waals surface area contributed by atoms with Gasteiger partial charge in [0.2, 0.25) is 10.0 Å². The minimum atomic E-state index is -3.24. The summed E-state index contributed by atoms with van der Waals surface area (Å²) in [5, 5.41) is 9.79. The van der Waals surface area contributed by atoms with Crippen LogP contribution in [-0.4, -0.2) is 31.9 Å². The van der Waals surface area contributed by atoms with Crippen LogP contribution in [0.15, 0.2) is 18.2 Å². The molecule has 1 fully saturated rings. The van der Waals surface area contributed by atoms with Crippen molar-refractivity contribution in [3.63, 3.8) is 0 Å². The lowest BCUT2D eigenvalue weighted by Crippen LogP contribution is -2.31. The van der Waals surface area contributed by atoms with Crippen molar-refractivity contribution in [1.82, 2.24) is 4.72 Å². The topological polar surface area (TPSA) is 75.6 Å². The van der Waals surface area contributed by atoms with Gasteiger partial charge in [-0.2, -0.15) is 0 Å². The second kappa shape index (κ2) is 4.77. The molecule has 1 aromatic carbocycles. The molecule has 19 heavy (non-hydrogen) atoms. The number of sulfonamides is 1. The molecule has 0 saturated heterocycles. The molecule has 3 rings (SSSR count). The Kier molecular flexibility index (Phi) is 3.24. The van der Waals surface area contributed by atoms with E-state index in [2.05, 4.69) is 4.72 Å². The van der Waals surface area contributed by atoms with Crippen molar-refractivity contribution in [3.8, 4) is 5.75 Å². The standard InChI is InChI=1S/C13H17NO4S/c15-12(8-14-19(16,17)11-2-3-11)9-1-4-13-10(7-9)5-6-18-13/h1,4,7,11-12,14-15H,2-3,5-6,8H2/t12-/m0/s1. The Hall–Kier alpha value is -1.11. The van der Waals surface area contributed by atoms with Gasteiger partial charge >= 0.3 is 0 Å². The van der Waals surface area contributed by atoms with Gasteiger partial charge in [-0.3, -0.25) is 0 Å². The van der Waals surface area contributed by atoms with E-state index < -0.39 is 16.1 Å². The largest absolute Gasteiger partial charge is 0.493 e. The molecule has 0 radical (unpaired) electrons. The molecule has 1 aliphatic heterocycles. The van der Waals surface area contributed by atoms with Crippen LogP contribution in [0.2, 0.25) is 0 Å². The van der Waals surface area contributed by atoms with Crippen LogP contribution < -0.4 is 9.46 Å². The minimum absolute atomic E-state index is 0.0263. The van der Waals surface area contributed by atoms with Crippen LogP contribution in [0.4, 0.5) is 0 Å². The summed E-state index contributed by atoms with van der Waals surface area (Å²) in [6.07, 6.45) is 1.46. The molecule has 0 aromatic heterocycles. The highest BCUT2D eigenvalue weighted by atomic mass is 32.2. The molecule has 1 aliphatic carbocycles. The van der Waals surface area contributed by atoms with E-state index >= 15 is 0 Å². The predicted octanol–water partition coefficient (Wildman–Crippen LogP) is 0.737. The van der Waals surface area contributed by atoms with Crippen LogP contribution in [0.25, 0.3) is 0 Å². The van der Waals surface area contributed by atoms with Gasteiger partial charge < -0.3 is 9.84 Å². The van der Waals surface area contributed by atoms with Gasteiger partial charge in [0.15, 0.2) is 0 Å². The molecule has 6 heteroatoms. The van der Waals surface area contributed by atoms with E-state index in [-0.39, 0.29) is 11.8 Å². The van der Waals surface area contributed by atoms with E-state index in [1.54, 1.807) is 6.07 Å². The summed E-state index contributed by atoms with van der Waals surface area (Å²) in [4.78, 5) is 0. The van der Waals surface area contributed by atoms with Gasteiger partial charge in [0.1, 0.15) is 5.75 Å².